The number of hydrogen-bond acceptors (Lipinski definition) is 4. The monoisotopic (exact) mass is 641 g/mol. The number of carbonyl (C=O) groups excluding carboxylic acids is 1. The van der Waals surface area contributed by atoms with Crippen molar-refractivity contribution >= 4 is 60.8 Å². The van der Waals surface area contributed by atoms with Gasteiger partial charge >= 0.3 is 6.36 Å². The van der Waals surface area contributed by atoms with Crippen LogP contribution in [0.1, 0.15) is 21.5 Å². The predicted molar refractivity (Wildman–Crippen MR) is 133 cm³/mol. The number of nitrogens with zero attached hydrogens (tertiary/aromatic N) is 1. The number of hydroxylamine groups is 2. The molecule has 0 unspecified atom stereocenters. The largest absolute Gasteiger partial charge is 0.573 e. The lowest BCUT2D eigenvalue weighted by Crippen LogP contribution is -2.17. The van der Waals surface area contributed by atoms with Crippen molar-refractivity contribution in [2.75, 3.05) is 14.2 Å². The van der Waals surface area contributed by atoms with Gasteiger partial charge in [0, 0.05) is 32.1 Å². The third-order valence-electron chi connectivity index (χ3n) is 4.24. The van der Waals surface area contributed by atoms with Gasteiger partial charge < -0.3 is 9.57 Å². The summed E-state index contributed by atoms with van der Waals surface area (Å²) in [5, 5.41) is 2.74. The van der Waals surface area contributed by atoms with Gasteiger partial charge in [0.1, 0.15) is 5.75 Å². The molecule has 0 heterocycles. The summed E-state index contributed by atoms with van der Waals surface area (Å²) in [4.78, 5) is 17.3. The molecule has 0 saturated carbocycles. The lowest BCUT2D eigenvalue weighted by atomic mass is 10.0. The van der Waals surface area contributed by atoms with Crippen molar-refractivity contribution in [3.8, 4) is 5.75 Å². The molecule has 0 bridgehead atoms. The first kappa shape index (κ1) is 28.6. The van der Waals surface area contributed by atoms with E-state index in [2.05, 4.69) is 36.6 Å². The molecule has 0 spiro atoms. The van der Waals surface area contributed by atoms with E-state index in [4.69, 9.17) is 28.0 Å². The minimum absolute atomic E-state index is 0.213. The summed E-state index contributed by atoms with van der Waals surface area (Å²) in [6, 6.07) is 15.2. The number of rotatable bonds is 6. The maximum absolute atomic E-state index is 12.2. The molecule has 0 atom stereocenters. The van der Waals surface area contributed by atoms with Gasteiger partial charge in [-0.15, -0.1) is 13.2 Å². The number of hydrogen-bond donors (Lipinski definition) is 0. The number of ether oxygens (including phenoxy) is 1. The van der Waals surface area contributed by atoms with Crippen LogP contribution in [0.25, 0.3) is 0 Å². The Kier molecular flexibility index (Phi) is 10.9. The Morgan fingerprint density at radius 1 is 0.941 bits per heavy atom. The average molecular weight is 644 g/mol. The van der Waals surface area contributed by atoms with Gasteiger partial charge in [-0.1, -0.05) is 55.1 Å². The highest BCUT2D eigenvalue weighted by Crippen LogP contribution is 2.26. The third kappa shape index (κ3) is 9.20. The van der Waals surface area contributed by atoms with Crippen molar-refractivity contribution in [2.45, 2.75) is 12.9 Å². The van der Waals surface area contributed by atoms with Gasteiger partial charge in [-0.2, -0.15) is 5.06 Å². The zero-order valence-electron chi connectivity index (χ0n) is 17.8. The molecule has 3 aromatic rings. The Hall–Kier alpha value is -1.62. The van der Waals surface area contributed by atoms with Crippen molar-refractivity contribution in [3.05, 3.63) is 96.3 Å². The highest BCUT2D eigenvalue weighted by molar-refractivity contribution is 9.10. The van der Waals surface area contributed by atoms with Gasteiger partial charge in [-0.05, 0) is 66.2 Å². The van der Waals surface area contributed by atoms with E-state index in [0.717, 1.165) is 27.2 Å². The summed E-state index contributed by atoms with van der Waals surface area (Å²) < 4.78 is 41.6. The molecule has 0 aliphatic heterocycles. The molecule has 3 aromatic carbocycles. The molecule has 0 N–H and O–H groups in total. The van der Waals surface area contributed by atoms with E-state index < -0.39 is 6.36 Å². The molecular formula is C23H18Br2Cl2F3NO3. The van der Waals surface area contributed by atoms with Gasteiger partial charge in [0.05, 0.1) is 18.7 Å². The Morgan fingerprint density at radius 3 is 2.06 bits per heavy atom. The lowest BCUT2D eigenvalue weighted by molar-refractivity contribution is -0.274. The van der Waals surface area contributed by atoms with Gasteiger partial charge in [-0.25, -0.2) is 0 Å². The zero-order chi connectivity index (χ0) is 25.5. The van der Waals surface area contributed by atoms with Crippen LogP contribution in [-0.4, -0.2) is 31.4 Å². The number of carbonyl (C=O) groups is 1. The second-order valence-corrected chi connectivity index (χ2v) is 9.38. The summed E-state index contributed by atoms with van der Waals surface area (Å²) in [6.45, 7) is 0.675. The van der Waals surface area contributed by atoms with Crippen LogP contribution in [0.15, 0.2) is 69.6 Å². The Bertz CT molecular complexity index is 1130. The van der Waals surface area contributed by atoms with Crippen molar-refractivity contribution in [1.29, 1.82) is 0 Å². The molecule has 182 valence electrons. The first-order chi connectivity index (χ1) is 15.9. The van der Waals surface area contributed by atoms with Crippen molar-refractivity contribution in [2.24, 2.45) is 0 Å². The number of ketones is 1. The molecule has 0 fully saturated rings. The van der Waals surface area contributed by atoms with E-state index in [1.807, 2.05) is 25.2 Å². The summed E-state index contributed by atoms with van der Waals surface area (Å²) in [5.41, 5.74) is 1.51. The standard InChI is InChI=1S/C14H7BrClF3O2.C9H11BrClNO/c15-9-3-6-12(16)11(7-9)13(20)8-1-4-10(5-2-8)21-14(17,18)19;1-12(13-2)6-7-5-8(10)3-4-9(7)11/h1-7H;3-5H,6H2,1-2H3. The summed E-state index contributed by atoms with van der Waals surface area (Å²) in [7, 11) is 3.49. The van der Waals surface area contributed by atoms with Gasteiger partial charge in [0.25, 0.3) is 0 Å². The van der Waals surface area contributed by atoms with Crippen LogP contribution < -0.4 is 4.74 Å². The summed E-state index contributed by atoms with van der Waals surface area (Å²) >= 11 is 18.6. The van der Waals surface area contributed by atoms with Crippen LogP contribution in [0.3, 0.4) is 0 Å². The van der Waals surface area contributed by atoms with E-state index in [-0.39, 0.29) is 27.7 Å². The molecule has 0 saturated heterocycles. The first-order valence-electron chi connectivity index (χ1n) is 9.44. The van der Waals surface area contributed by atoms with E-state index in [9.17, 15) is 18.0 Å². The fourth-order valence-corrected chi connectivity index (χ4v) is 3.75. The third-order valence-corrected chi connectivity index (χ3v) is 5.92. The minimum atomic E-state index is -4.76. The number of alkyl halides is 3. The van der Waals surface area contributed by atoms with E-state index in [0.29, 0.717) is 11.0 Å². The Balaban J connectivity index is 0.000000270. The molecule has 11 heteroatoms. The van der Waals surface area contributed by atoms with Gasteiger partial charge in [0.2, 0.25) is 0 Å². The second-order valence-electron chi connectivity index (χ2n) is 6.73. The molecule has 34 heavy (non-hydrogen) atoms. The zero-order valence-corrected chi connectivity index (χ0v) is 22.5. The fraction of sp³-hybridized carbons (Fsp3) is 0.174. The molecule has 0 aliphatic rings. The van der Waals surface area contributed by atoms with Crippen LogP contribution in [0.2, 0.25) is 10.0 Å². The molecule has 0 radical (unpaired) electrons. The quantitative estimate of drug-likeness (QED) is 0.200. The fourth-order valence-electron chi connectivity index (χ4n) is 2.60. The Labute approximate surface area is 221 Å². The van der Waals surface area contributed by atoms with E-state index >= 15 is 0 Å². The van der Waals surface area contributed by atoms with Crippen molar-refractivity contribution < 1.29 is 27.5 Å². The second kappa shape index (κ2) is 12.9. The van der Waals surface area contributed by atoms with Crippen LogP contribution in [-0.2, 0) is 11.4 Å². The Morgan fingerprint density at radius 2 is 1.50 bits per heavy atom. The van der Waals surface area contributed by atoms with Crippen LogP contribution in [0, 0.1) is 0 Å². The molecule has 0 aromatic heterocycles. The van der Waals surface area contributed by atoms with E-state index in [1.165, 1.54) is 12.1 Å². The lowest BCUT2D eigenvalue weighted by Gasteiger charge is -2.14. The molecule has 4 nitrogen and oxygen atoms in total. The first-order valence-corrected chi connectivity index (χ1v) is 11.8. The normalized spacial score (nSPS) is 11.1. The van der Waals surface area contributed by atoms with Crippen molar-refractivity contribution in [3.63, 3.8) is 0 Å². The maximum atomic E-state index is 12.2. The topological polar surface area (TPSA) is 38.8 Å². The van der Waals surface area contributed by atoms with Gasteiger partial charge in [0.15, 0.2) is 5.78 Å². The maximum Gasteiger partial charge on any atom is 0.573 e. The predicted octanol–water partition coefficient (Wildman–Crippen LogP) is 8.33. The minimum Gasteiger partial charge on any atom is -0.406 e. The molecule has 3 rings (SSSR count). The van der Waals surface area contributed by atoms with Crippen LogP contribution in [0.4, 0.5) is 13.2 Å². The molecular weight excluding hydrogens is 626 g/mol. The van der Waals surface area contributed by atoms with Crippen LogP contribution >= 0.6 is 55.1 Å². The average Bonchev–Trinajstić information content (AvgIpc) is 2.77. The van der Waals surface area contributed by atoms with Gasteiger partial charge in [-0.3, -0.25) is 4.79 Å². The number of halogens is 7. The highest BCUT2D eigenvalue weighted by Gasteiger charge is 2.31. The smallest absolute Gasteiger partial charge is 0.406 e. The van der Waals surface area contributed by atoms with E-state index in [1.54, 1.807) is 30.4 Å². The summed E-state index contributed by atoms with van der Waals surface area (Å²) in [5.74, 6) is -0.778. The van der Waals surface area contributed by atoms with Crippen molar-refractivity contribution in [1.82, 2.24) is 5.06 Å². The molecule has 0 aliphatic carbocycles. The van der Waals surface area contributed by atoms with Crippen LogP contribution in [0.5, 0.6) is 5.75 Å². The summed E-state index contributed by atoms with van der Waals surface area (Å²) in [6.07, 6.45) is -4.76. The number of benzene rings is 3. The highest BCUT2D eigenvalue weighted by atomic mass is 79.9. The molecule has 0 amide bonds. The SMILES string of the molecule is CON(C)Cc1cc(Br)ccc1Cl.O=C(c1ccc(OC(F)(F)F)cc1)c1cc(Br)ccc1Cl.